The van der Waals surface area contributed by atoms with E-state index in [2.05, 4.69) is 0 Å². The fourth-order valence-electron chi connectivity index (χ4n) is 1.43. The molecule has 0 bridgehead atoms. The minimum Gasteiger partial charge on any atom is -0.481 e. The number of rotatable bonds is 11. The smallest absolute Gasteiger partial charge is 0.336 e. The Morgan fingerprint density at radius 1 is 0.467 bits per heavy atom. The Balaban J connectivity index is -0.000000412. The van der Waals surface area contributed by atoms with E-state index in [1.807, 2.05) is 0 Å². The van der Waals surface area contributed by atoms with Crippen LogP contribution in [0.25, 0.3) is 0 Å². The van der Waals surface area contributed by atoms with Crippen molar-refractivity contribution < 1.29 is 79.8 Å². The second-order valence-corrected chi connectivity index (χ2v) is 5.40. The van der Waals surface area contributed by atoms with E-state index in [1.165, 1.54) is 0 Å². The van der Waals surface area contributed by atoms with Crippen molar-refractivity contribution in [3.8, 4) is 0 Å². The zero-order valence-corrected chi connectivity index (χ0v) is 15.2. The molecular formula is C14H22O16. The summed E-state index contributed by atoms with van der Waals surface area (Å²) in [5.74, 6) is -10.0. The van der Waals surface area contributed by atoms with Crippen LogP contribution in [-0.4, -0.2) is 111 Å². The molecule has 0 amide bonds. The Labute approximate surface area is 166 Å². The van der Waals surface area contributed by atoms with Crippen molar-refractivity contribution >= 4 is 35.8 Å². The van der Waals surface area contributed by atoms with E-state index in [1.54, 1.807) is 0 Å². The van der Waals surface area contributed by atoms with E-state index in [4.69, 9.17) is 51.1 Å². The first-order chi connectivity index (χ1) is 13.5. The molecule has 0 aromatic carbocycles. The number of hydrogen-bond donors (Lipinski definition) is 10. The molecule has 0 saturated heterocycles. The van der Waals surface area contributed by atoms with Gasteiger partial charge in [-0.1, -0.05) is 0 Å². The number of aliphatic hydroxyl groups excluding tert-OH is 2. The molecule has 0 saturated carbocycles. The lowest BCUT2D eigenvalue weighted by atomic mass is 9.96. The number of carboxylic acids is 6. The monoisotopic (exact) mass is 446 g/mol. The van der Waals surface area contributed by atoms with Gasteiger partial charge in [-0.15, -0.1) is 0 Å². The molecule has 0 aromatic heterocycles. The maximum absolute atomic E-state index is 10.3. The molecule has 0 aliphatic rings. The first-order valence-corrected chi connectivity index (χ1v) is 7.47. The van der Waals surface area contributed by atoms with Gasteiger partial charge in [0.25, 0.3) is 0 Å². The molecule has 30 heavy (non-hydrogen) atoms. The van der Waals surface area contributed by atoms with Crippen molar-refractivity contribution in [2.45, 2.75) is 36.9 Å². The molecule has 0 aliphatic heterocycles. The highest BCUT2D eigenvalue weighted by Crippen LogP contribution is 2.16. The summed E-state index contributed by atoms with van der Waals surface area (Å²) in [4.78, 5) is 61.0. The topological polar surface area (TPSA) is 305 Å². The summed E-state index contributed by atoms with van der Waals surface area (Å²) >= 11 is 0. The van der Waals surface area contributed by atoms with Gasteiger partial charge in [0.1, 0.15) is 0 Å². The minimum atomic E-state index is -2.74. The highest BCUT2D eigenvalue weighted by Gasteiger charge is 2.41. The van der Waals surface area contributed by atoms with Crippen molar-refractivity contribution in [3.05, 3.63) is 0 Å². The Hall–Kier alpha value is -3.34. The van der Waals surface area contributed by atoms with Crippen LogP contribution in [0, 0.1) is 0 Å². The third-order valence-corrected chi connectivity index (χ3v) is 2.67. The van der Waals surface area contributed by atoms with Crippen LogP contribution < -0.4 is 0 Å². The first-order valence-electron chi connectivity index (χ1n) is 7.47. The molecule has 0 fully saturated rings. The van der Waals surface area contributed by atoms with E-state index in [-0.39, 0.29) is 13.2 Å². The fourth-order valence-corrected chi connectivity index (χ4v) is 1.43. The number of aliphatic hydroxyl groups is 4. The minimum absolute atomic E-state index is 0.125. The third kappa shape index (κ3) is 15.7. The van der Waals surface area contributed by atoms with Gasteiger partial charge < -0.3 is 51.1 Å². The third-order valence-electron chi connectivity index (χ3n) is 2.67. The summed E-state index contributed by atoms with van der Waals surface area (Å²) in [5, 5.41) is 82.9. The lowest BCUT2D eigenvalue weighted by Gasteiger charge is -2.18. The van der Waals surface area contributed by atoms with Crippen LogP contribution in [0.15, 0.2) is 0 Å². The van der Waals surface area contributed by atoms with Crippen LogP contribution in [0.2, 0.25) is 0 Å². The lowest BCUT2D eigenvalue weighted by Crippen LogP contribution is -2.42. The Bertz CT molecular complexity index is 537. The molecule has 0 radical (unpaired) electrons. The SMILES string of the molecule is O=C(O)CC(O)(CC(=O)O)C(=O)O.O=C(O)CC(O)(CC(=O)O)C(=O)O.OCCO. The standard InChI is InChI=1S/2C6H8O7.C2H6O2/c2*7-3(8)1-6(13,5(11)12)2-4(9)10;3-1-2-4/h2*13H,1-2H2,(H,7,8)(H,9,10)(H,11,12);3-4H,1-2H2. The van der Waals surface area contributed by atoms with Crippen molar-refractivity contribution in [1.82, 2.24) is 0 Å². The predicted molar refractivity (Wildman–Crippen MR) is 88.4 cm³/mol. The molecule has 10 N–H and O–H groups in total. The molecule has 0 unspecified atom stereocenters. The molecule has 0 aliphatic carbocycles. The van der Waals surface area contributed by atoms with E-state index >= 15 is 0 Å². The van der Waals surface area contributed by atoms with Gasteiger partial charge in [-0.3, -0.25) is 19.2 Å². The molecule has 0 rings (SSSR count). The van der Waals surface area contributed by atoms with Crippen LogP contribution in [0.4, 0.5) is 0 Å². The first kappa shape index (κ1) is 31.4. The number of carbonyl (C=O) groups is 6. The maximum Gasteiger partial charge on any atom is 0.336 e. The molecule has 0 atom stereocenters. The van der Waals surface area contributed by atoms with E-state index in [9.17, 15) is 28.8 Å². The van der Waals surface area contributed by atoms with Gasteiger partial charge in [-0.2, -0.15) is 0 Å². The fraction of sp³-hybridized carbons (Fsp3) is 0.571. The van der Waals surface area contributed by atoms with E-state index in [0.29, 0.717) is 0 Å². The molecule has 16 nitrogen and oxygen atoms in total. The van der Waals surface area contributed by atoms with Crippen LogP contribution in [0.5, 0.6) is 0 Å². The second-order valence-electron chi connectivity index (χ2n) is 5.40. The van der Waals surface area contributed by atoms with Gasteiger partial charge in [-0.25, -0.2) is 9.59 Å². The molecule has 0 aromatic rings. The highest BCUT2D eigenvalue weighted by atomic mass is 16.4. The maximum atomic E-state index is 10.3. The second kappa shape index (κ2) is 14.6. The molecular weight excluding hydrogens is 424 g/mol. The zero-order valence-electron chi connectivity index (χ0n) is 15.2. The van der Waals surface area contributed by atoms with Crippen molar-refractivity contribution in [2.75, 3.05) is 13.2 Å². The molecule has 174 valence electrons. The van der Waals surface area contributed by atoms with Gasteiger partial charge >= 0.3 is 35.8 Å². The summed E-state index contributed by atoms with van der Waals surface area (Å²) in [6.45, 7) is -0.250. The molecule has 16 heteroatoms. The van der Waals surface area contributed by atoms with Crippen LogP contribution in [0.1, 0.15) is 25.7 Å². The Morgan fingerprint density at radius 2 is 0.633 bits per heavy atom. The summed E-state index contributed by atoms with van der Waals surface area (Å²) < 4.78 is 0. The quantitative estimate of drug-likeness (QED) is 0.147. The van der Waals surface area contributed by atoms with Crippen molar-refractivity contribution in [2.24, 2.45) is 0 Å². The Kier molecular flexibility index (Phi) is 15.3. The van der Waals surface area contributed by atoms with Crippen LogP contribution in [-0.2, 0) is 28.8 Å². The highest BCUT2D eigenvalue weighted by molar-refractivity contribution is 5.88. The summed E-state index contributed by atoms with van der Waals surface area (Å²) in [6, 6.07) is 0. The van der Waals surface area contributed by atoms with E-state index < -0.39 is 72.7 Å². The van der Waals surface area contributed by atoms with Gasteiger partial charge in [0, 0.05) is 0 Å². The van der Waals surface area contributed by atoms with Gasteiger partial charge in [0.15, 0.2) is 11.2 Å². The van der Waals surface area contributed by atoms with Crippen LogP contribution in [0.3, 0.4) is 0 Å². The van der Waals surface area contributed by atoms with Crippen LogP contribution >= 0.6 is 0 Å². The molecule has 0 heterocycles. The number of hydrogen-bond acceptors (Lipinski definition) is 10. The lowest BCUT2D eigenvalue weighted by molar-refractivity contribution is -0.170. The van der Waals surface area contributed by atoms with E-state index in [0.717, 1.165) is 0 Å². The number of carboxylic acid groups (broad SMARTS) is 6. The number of aliphatic carboxylic acids is 6. The zero-order chi connectivity index (χ0) is 24.7. The van der Waals surface area contributed by atoms with Crippen molar-refractivity contribution in [3.63, 3.8) is 0 Å². The largest absolute Gasteiger partial charge is 0.481 e. The van der Waals surface area contributed by atoms with Gasteiger partial charge in [-0.05, 0) is 0 Å². The van der Waals surface area contributed by atoms with Crippen molar-refractivity contribution in [1.29, 1.82) is 0 Å². The summed E-state index contributed by atoms with van der Waals surface area (Å²) in [6.07, 6.45) is -4.58. The van der Waals surface area contributed by atoms with Gasteiger partial charge in [0.2, 0.25) is 0 Å². The normalized spacial score (nSPS) is 10.4. The average molecular weight is 446 g/mol. The Morgan fingerprint density at radius 3 is 0.700 bits per heavy atom. The predicted octanol–water partition coefficient (Wildman–Crippen LogP) is -3.53. The van der Waals surface area contributed by atoms with Gasteiger partial charge in [0.05, 0.1) is 38.9 Å². The molecule has 0 spiro atoms. The summed E-state index contributed by atoms with van der Waals surface area (Å²) in [7, 11) is 0. The summed E-state index contributed by atoms with van der Waals surface area (Å²) in [5.41, 5.74) is -5.48. The average Bonchev–Trinajstić information content (AvgIpc) is 2.52.